The first-order valence-electron chi connectivity index (χ1n) is 14.2. The number of alkyl halides is 2. The number of ether oxygens (including phenoxy) is 1. The molecule has 12 nitrogen and oxygen atoms in total. The smallest absolute Gasteiger partial charge is 0.318 e. The Bertz CT molecular complexity index is 1450. The highest BCUT2D eigenvalue weighted by Crippen LogP contribution is 2.54. The van der Waals surface area contributed by atoms with E-state index in [-0.39, 0.29) is 36.1 Å². The molecule has 3 aromatic heterocycles. The fourth-order valence-electron chi connectivity index (χ4n) is 6.15. The van der Waals surface area contributed by atoms with Crippen molar-refractivity contribution in [3.05, 3.63) is 41.1 Å². The summed E-state index contributed by atoms with van der Waals surface area (Å²) in [7, 11) is 1.45. The number of methoxy groups -OCH3 is 1. The van der Waals surface area contributed by atoms with Crippen LogP contribution < -0.4 is 10.6 Å². The maximum absolute atomic E-state index is 14.2. The summed E-state index contributed by atoms with van der Waals surface area (Å²) < 4.78 is 40.3. The van der Waals surface area contributed by atoms with Crippen molar-refractivity contribution in [3.63, 3.8) is 0 Å². The van der Waals surface area contributed by atoms with Crippen molar-refractivity contribution >= 4 is 17.6 Å². The fourth-order valence-corrected chi connectivity index (χ4v) is 6.15. The normalized spacial score (nSPS) is 22.1. The molecule has 2 unspecified atom stereocenters. The third kappa shape index (κ3) is 5.24. The van der Waals surface area contributed by atoms with Crippen LogP contribution in [0.4, 0.5) is 13.6 Å². The van der Waals surface area contributed by atoms with Crippen LogP contribution in [-0.2, 0) is 4.74 Å². The Morgan fingerprint density at radius 2 is 1.98 bits per heavy atom. The van der Waals surface area contributed by atoms with Crippen LogP contribution in [0.15, 0.2) is 23.1 Å². The van der Waals surface area contributed by atoms with Crippen molar-refractivity contribution < 1.29 is 27.7 Å². The van der Waals surface area contributed by atoms with E-state index >= 15 is 0 Å². The zero-order valence-corrected chi connectivity index (χ0v) is 22.6. The third-order valence-electron chi connectivity index (χ3n) is 8.62. The van der Waals surface area contributed by atoms with Crippen LogP contribution in [-0.4, -0.2) is 74.5 Å². The summed E-state index contributed by atoms with van der Waals surface area (Å²) >= 11 is 0. The Kier molecular flexibility index (Phi) is 6.40. The summed E-state index contributed by atoms with van der Waals surface area (Å²) in [6.07, 6.45) is 9.73. The van der Waals surface area contributed by atoms with E-state index in [1.54, 1.807) is 16.8 Å². The summed E-state index contributed by atoms with van der Waals surface area (Å²) in [5.74, 6) is -1.94. The molecule has 1 aliphatic heterocycles. The number of hydrogen-bond donors (Lipinski definition) is 2. The SMILES string of the molecule is COCC(c1cnn2cc(C(NC(=O)c3nonc3C3CC3)C(C3CC3)C3CC3)nc2c1)N1CC(F)(F)CNC1=O. The highest BCUT2D eigenvalue weighted by atomic mass is 19.3. The van der Waals surface area contributed by atoms with Gasteiger partial charge in [-0.25, -0.2) is 27.7 Å². The summed E-state index contributed by atoms with van der Waals surface area (Å²) in [6.45, 7) is -1.42. The number of rotatable bonds is 11. The molecular weight excluding hydrogens is 538 g/mol. The molecule has 14 heteroatoms. The van der Waals surface area contributed by atoms with Gasteiger partial charge in [0.2, 0.25) is 0 Å². The summed E-state index contributed by atoms with van der Waals surface area (Å²) in [5.41, 5.74) is 2.50. The second-order valence-corrected chi connectivity index (χ2v) is 11.8. The van der Waals surface area contributed by atoms with Crippen LogP contribution >= 0.6 is 0 Å². The van der Waals surface area contributed by atoms with E-state index < -0.39 is 31.1 Å². The number of aromatic nitrogens is 5. The van der Waals surface area contributed by atoms with Crippen molar-refractivity contribution in [2.24, 2.45) is 17.8 Å². The molecule has 3 aliphatic carbocycles. The van der Waals surface area contributed by atoms with Gasteiger partial charge >= 0.3 is 6.03 Å². The van der Waals surface area contributed by atoms with Gasteiger partial charge in [-0.05, 0) is 67.5 Å². The number of amides is 3. The van der Waals surface area contributed by atoms with Gasteiger partial charge in [-0.15, -0.1) is 0 Å². The molecule has 218 valence electrons. The molecule has 2 N–H and O–H groups in total. The summed E-state index contributed by atoms with van der Waals surface area (Å²) in [5, 5.41) is 17.9. The minimum atomic E-state index is -3.07. The number of nitrogens with one attached hydrogen (secondary N) is 2. The molecule has 41 heavy (non-hydrogen) atoms. The molecule has 0 bridgehead atoms. The first kappa shape index (κ1) is 26.2. The molecule has 0 radical (unpaired) electrons. The highest BCUT2D eigenvalue weighted by Gasteiger charge is 2.48. The number of nitrogens with zero attached hydrogens (tertiary/aromatic N) is 6. The van der Waals surface area contributed by atoms with Crippen molar-refractivity contribution in [2.75, 3.05) is 26.8 Å². The Morgan fingerprint density at radius 3 is 2.66 bits per heavy atom. The monoisotopic (exact) mass is 570 g/mol. The first-order valence-corrected chi connectivity index (χ1v) is 14.2. The van der Waals surface area contributed by atoms with Gasteiger partial charge < -0.3 is 20.3 Å². The average molecular weight is 571 g/mol. The van der Waals surface area contributed by atoms with Gasteiger partial charge in [-0.1, -0.05) is 5.16 Å². The number of urea groups is 1. The minimum Gasteiger partial charge on any atom is -0.382 e. The highest BCUT2D eigenvalue weighted by molar-refractivity contribution is 5.93. The molecule has 4 aliphatic rings. The lowest BCUT2D eigenvalue weighted by Gasteiger charge is -2.38. The van der Waals surface area contributed by atoms with Gasteiger partial charge in [0.25, 0.3) is 11.8 Å². The third-order valence-corrected chi connectivity index (χ3v) is 8.62. The van der Waals surface area contributed by atoms with Gasteiger partial charge in [0, 0.05) is 18.6 Å². The molecule has 7 rings (SSSR count). The van der Waals surface area contributed by atoms with Crippen molar-refractivity contribution in [1.29, 1.82) is 0 Å². The van der Waals surface area contributed by atoms with Crippen LogP contribution in [0, 0.1) is 17.8 Å². The summed E-state index contributed by atoms with van der Waals surface area (Å²) in [6, 6.07) is -0.00715. The Labute approximate surface area is 234 Å². The molecule has 1 saturated heterocycles. The lowest BCUT2D eigenvalue weighted by atomic mass is 9.87. The van der Waals surface area contributed by atoms with Crippen molar-refractivity contribution in [2.45, 2.75) is 62.4 Å². The number of imidazole rings is 1. The largest absolute Gasteiger partial charge is 0.382 e. The number of hydrogen-bond acceptors (Lipinski definition) is 8. The topological polar surface area (TPSA) is 140 Å². The van der Waals surface area contributed by atoms with Crippen molar-refractivity contribution in [1.82, 2.24) is 40.4 Å². The summed E-state index contributed by atoms with van der Waals surface area (Å²) in [4.78, 5) is 32.0. The van der Waals surface area contributed by atoms with Gasteiger partial charge in [0.05, 0.1) is 49.9 Å². The zero-order valence-electron chi connectivity index (χ0n) is 22.6. The second-order valence-electron chi connectivity index (χ2n) is 11.8. The van der Waals surface area contributed by atoms with E-state index in [2.05, 4.69) is 26.0 Å². The Hall–Kier alpha value is -3.68. The maximum Gasteiger partial charge on any atom is 0.318 e. The standard InChI is InChI=1S/C27H32F2N8O4/c1-40-11-19(36-13-27(28,29)12-30-26(36)39)17-8-20-32-18(10-37(20)31-9-17)23(21(14-2-3-14)15-4-5-15)33-25(38)24-22(16-6-7-16)34-41-35-24/h8-10,14-16,19,21,23H,2-7,11-13H2,1H3,(H,30,39)(H,33,38). The van der Waals surface area contributed by atoms with E-state index in [4.69, 9.17) is 14.3 Å². The predicted octanol–water partition coefficient (Wildman–Crippen LogP) is 3.25. The van der Waals surface area contributed by atoms with E-state index in [0.29, 0.717) is 34.4 Å². The molecule has 3 aromatic rings. The Morgan fingerprint density at radius 1 is 1.22 bits per heavy atom. The number of carbonyl (C=O) groups is 2. The molecule has 4 fully saturated rings. The van der Waals surface area contributed by atoms with E-state index in [1.807, 2.05) is 0 Å². The Balaban J connectivity index is 1.21. The molecule has 3 saturated carbocycles. The van der Waals surface area contributed by atoms with Gasteiger partial charge in [-0.3, -0.25) is 4.79 Å². The molecule has 0 aromatic carbocycles. The van der Waals surface area contributed by atoms with Crippen molar-refractivity contribution in [3.8, 4) is 0 Å². The maximum atomic E-state index is 14.2. The van der Waals surface area contributed by atoms with Gasteiger partial charge in [0.1, 0.15) is 5.69 Å². The molecule has 2 atom stereocenters. The number of halogens is 2. The van der Waals surface area contributed by atoms with Crippen LogP contribution in [0.2, 0.25) is 0 Å². The molecule has 4 heterocycles. The minimum absolute atomic E-state index is 0.00803. The predicted molar refractivity (Wildman–Crippen MR) is 138 cm³/mol. The lowest BCUT2D eigenvalue weighted by Crippen LogP contribution is -2.58. The van der Waals surface area contributed by atoms with E-state index in [9.17, 15) is 18.4 Å². The zero-order chi connectivity index (χ0) is 28.3. The fraction of sp³-hybridized carbons (Fsp3) is 0.630. The molecule has 0 spiro atoms. The van der Waals surface area contributed by atoms with E-state index in [1.165, 1.54) is 13.3 Å². The molecule has 3 amide bonds. The van der Waals surface area contributed by atoms with Crippen LogP contribution in [0.5, 0.6) is 0 Å². The number of carbonyl (C=O) groups excluding carboxylic acids is 2. The van der Waals surface area contributed by atoms with Crippen LogP contribution in [0.3, 0.4) is 0 Å². The lowest BCUT2D eigenvalue weighted by molar-refractivity contribution is -0.0509. The van der Waals surface area contributed by atoms with Crippen LogP contribution in [0.1, 0.15) is 84.0 Å². The van der Waals surface area contributed by atoms with Gasteiger partial charge in [0.15, 0.2) is 11.3 Å². The van der Waals surface area contributed by atoms with E-state index in [0.717, 1.165) is 43.4 Å². The first-order chi connectivity index (χ1) is 19.8. The quantitative estimate of drug-likeness (QED) is 0.358. The average Bonchev–Trinajstić information content (AvgIpc) is 3.87. The number of fused-ring (bicyclic) bond motifs is 1. The second kappa shape index (κ2) is 10.00. The molecular formula is C27H32F2N8O4. The van der Waals surface area contributed by atoms with Gasteiger partial charge in [-0.2, -0.15) is 5.10 Å². The van der Waals surface area contributed by atoms with Crippen LogP contribution in [0.25, 0.3) is 5.65 Å².